The summed E-state index contributed by atoms with van der Waals surface area (Å²) < 4.78 is 31.9. The molecule has 2 N–H and O–H groups in total. The third-order valence-electron chi connectivity index (χ3n) is 2.44. The molecule has 0 aliphatic carbocycles. The fraction of sp³-hybridized carbons (Fsp3) is 0.533. The van der Waals surface area contributed by atoms with Crippen molar-refractivity contribution < 1.29 is 17.9 Å². The van der Waals surface area contributed by atoms with Crippen molar-refractivity contribution in [1.29, 1.82) is 0 Å². The van der Waals surface area contributed by atoms with Gasteiger partial charge >= 0.3 is 0 Å². The molecule has 0 radical (unpaired) electrons. The van der Waals surface area contributed by atoms with Crippen LogP contribution in [0.1, 0.15) is 34.6 Å². The molecule has 0 bridgehead atoms. The average molecular weight is 328 g/mol. The number of amides is 1. The van der Waals surface area contributed by atoms with Crippen LogP contribution in [-0.4, -0.2) is 32.5 Å². The Morgan fingerprint density at radius 3 is 2.18 bits per heavy atom. The number of hydrogen-bond acceptors (Lipinski definition) is 4. The van der Waals surface area contributed by atoms with E-state index in [1.54, 1.807) is 12.1 Å². The molecule has 0 fully saturated rings. The zero-order valence-corrected chi connectivity index (χ0v) is 14.5. The van der Waals surface area contributed by atoms with Gasteiger partial charge in [0.15, 0.2) is 0 Å². The van der Waals surface area contributed by atoms with Crippen molar-refractivity contribution >= 4 is 15.9 Å². The second-order valence-corrected chi connectivity index (χ2v) is 8.03. The minimum Gasteiger partial charge on any atom is -0.491 e. The Bertz CT molecular complexity index is 601. The molecule has 0 aliphatic heterocycles. The Labute approximate surface area is 132 Å². The molecular formula is C15H24N2O4S. The van der Waals surface area contributed by atoms with E-state index in [-0.39, 0.29) is 23.5 Å². The van der Waals surface area contributed by atoms with Gasteiger partial charge in [0, 0.05) is 5.54 Å². The zero-order valence-electron chi connectivity index (χ0n) is 13.6. The molecule has 0 saturated carbocycles. The molecule has 6 nitrogen and oxygen atoms in total. The van der Waals surface area contributed by atoms with Crippen LogP contribution in [0.4, 0.5) is 0 Å². The smallest absolute Gasteiger partial charge is 0.241 e. The van der Waals surface area contributed by atoms with Crippen molar-refractivity contribution in [3.8, 4) is 5.75 Å². The van der Waals surface area contributed by atoms with Gasteiger partial charge in [-0.15, -0.1) is 0 Å². The van der Waals surface area contributed by atoms with Crippen LogP contribution < -0.4 is 14.8 Å². The van der Waals surface area contributed by atoms with Gasteiger partial charge in [0.05, 0.1) is 17.5 Å². The van der Waals surface area contributed by atoms with Crippen molar-refractivity contribution in [2.75, 3.05) is 6.54 Å². The van der Waals surface area contributed by atoms with E-state index >= 15 is 0 Å². The lowest BCUT2D eigenvalue weighted by Gasteiger charge is -2.20. The number of rotatable bonds is 6. The molecular weight excluding hydrogens is 304 g/mol. The molecule has 1 rings (SSSR count). The van der Waals surface area contributed by atoms with E-state index in [9.17, 15) is 13.2 Å². The van der Waals surface area contributed by atoms with E-state index in [1.807, 2.05) is 34.6 Å². The number of carbonyl (C=O) groups excluding carboxylic acids is 1. The number of nitrogens with one attached hydrogen (secondary N) is 2. The highest BCUT2D eigenvalue weighted by Crippen LogP contribution is 2.16. The van der Waals surface area contributed by atoms with E-state index in [1.165, 1.54) is 12.1 Å². The molecule has 1 aromatic carbocycles. The summed E-state index contributed by atoms with van der Waals surface area (Å²) in [5.41, 5.74) is -0.404. The van der Waals surface area contributed by atoms with Gasteiger partial charge in [0.25, 0.3) is 0 Å². The standard InChI is InChI=1S/C15H24N2O4S/c1-11(2)21-12-6-8-13(9-7-12)22(19,20)16-10-14(18)17-15(3,4)5/h6-9,11,16H,10H2,1-5H3,(H,17,18). The molecule has 0 unspecified atom stereocenters. The molecule has 1 amide bonds. The third-order valence-corrected chi connectivity index (χ3v) is 3.86. The van der Waals surface area contributed by atoms with Crippen LogP contribution >= 0.6 is 0 Å². The lowest BCUT2D eigenvalue weighted by Crippen LogP contribution is -2.45. The first-order chi connectivity index (χ1) is 9.99. The summed E-state index contributed by atoms with van der Waals surface area (Å²) in [4.78, 5) is 11.7. The van der Waals surface area contributed by atoms with Crippen LogP contribution in [0.2, 0.25) is 0 Å². The first-order valence-corrected chi connectivity index (χ1v) is 8.55. The van der Waals surface area contributed by atoms with Crippen LogP contribution in [0.5, 0.6) is 5.75 Å². The monoisotopic (exact) mass is 328 g/mol. The largest absolute Gasteiger partial charge is 0.491 e. The molecule has 0 aliphatic rings. The summed E-state index contributed by atoms with van der Waals surface area (Å²) in [5.74, 6) is 0.218. The number of carbonyl (C=O) groups is 1. The predicted octanol–water partition coefficient (Wildman–Crippen LogP) is 1.67. The number of hydrogen-bond donors (Lipinski definition) is 2. The van der Waals surface area contributed by atoms with Gasteiger partial charge in [-0.3, -0.25) is 4.79 Å². The third kappa shape index (κ3) is 6.44. The average Bonchev–Trinajstić information content (AvgIpc) is 2.34. The highest BCUT2D eigenvalue weighted by Gasteiger charge is 2.18. The van der Waals surface area contributed by atoms with E-state index in [0.29, 0.717) is 5.75 Å². The van der Waals surface area contributed by atoms with Gasteiger partial charge in [0.2, 0.25) is 15.9 Å². The highest BCUT2D eigenvalue weighted by molar-refractivity contribution is 7.89. The quantitative estimate of drug-likeness (QED) is 0.832. The van der Waals surface area contributed by atoms with Crippen molar-refractivity contribution in [3.63, 3.8) is 0 Å². The van der Waals surface area contributed by atoms with Crippen LogP contribution in [0, 0.1) is 0 Å². The maximum Gasteiger partial charge on any atom is 0.241 e. The van der Waals surface area contributed by atoms with Crippen molar-refractivity contribution in [2.24, 2.45) is 0 Å². The first-order valence-electron chi connectivity index (χ1n) is 7.07. The number of ether oxygens (including phenoxy) is 1. The summed E-state index contributed by atoms with van der Waals surface area (Å²) in [6, 6.07) is 6.07. The topological polar surface area (TPSA) is 84.5 Å². The lowest BCUT2D eigenvalue weighted by atomic mass is 10.1. The summed E-state index contributed by atoms with van der Waals surface area (Å²) in [6.07, 6.45) is 0.0154. The minimum atomic E-state index is -3.72. The predicted molar refractivity (Wildman–Crippen MR) is 85.3 cm³/mol. The molecule has 0 atom stereocenters. The Morgan fingerprint density at radius 2 is 1.73 bits per heavy atom. The fourth-order valence-corrected chi connectivity index (χ4v) is 2.66. The van der Waals surface area contributed by atoms with Crippen molar-refractivity contribution in [3.05, 3.63) is 24.3 Å². The van der Waals surface area contributed by atoms with Crippen LogP contribution in [0.15, 0.2) is 29.2 Å². The second kappa shape index (κ2) is 7.11. The van der Waals surface area contributed by atoms with Gasteiger partial charge in [-0.1, -0.05) is 0 Å². The van der Waals surface area contributed by atoms with Gasteiger partial charge < -0.3 is 10.1 Å². The molecule has 124 valence electrons. The molecule has 0 aromatic heterocycles. The van der Waals surface area contributed by atoms with Gasteiger partial charge in [-0.25, -0.2) is 13.1 Å². The van der Waals surface area contributed by atoms with E-state index in [4.69, 9.17) is 4.74 Å². The molecule has 0 spiro atoms. The number of benzene rings is 1. The summed E-state index contributed by atoms with van der Waals surface area (Å²) in [5, 5.41) is 2.69. The second-order valence-electron chi connectivity index (χ2n) is 6.26. The maximum atomic E-state index is 12.1. The van der Waals surface area contributed by atoms with Crippen LogP contribution in [-0.2, 0) is 14.8 Å². The fourth-order valence-electron chi connectivity index (χ4n) is 1.68. The zero-order chi connectivity index (χ0) is 17.0. The summed E-state index contributed by atoms with van der Waals surface area (Å²) >= 11 is 0. The van der Waals surface area contributed by atoms with Crippen LogP contribution in [0.3, 0.4) is 0 Å². The van der Waals surface area contributed by atoms with Crippen molar-refractivity contribution in [1.82, 2.24) is 10.0 Å². The Morgan fingerprint density at radius 1 is 1.18 bits per heavy atom. The van der Waals surface area contributed by atoms with E-state index in [0.717, 1.165) is 0 Å². The summed E-state index contributed by atoms with van der Waals surface area (Å²) in [7, 11) is -3.72. The van der Waals surface area contributed by atoms with E-state index < -0.39 is 15.6 Å². The van der Waals surface area contributed by atoms with Crippen molar-refractivity contribution in [2.45, 2.75) is 51.2 Å². The van der Waals surface area contributed by atoms with E-state index in [2.05, 4.69) is 10.0 Å². The van der Waals surface area contributed by atoms with Gasteiger partial charge in [0.1, 0.15) is 5.75 Å². The first kappa shape index (κ1) is 18.4. The normalized spacial score (nSPS) is 12.3. The maximum absolute atomic E-state index is 12.1. The van der Waals surface area contributed by atoms with Gasteiger partial charge in [-0.2, -0.15) is 0 Å². The Balaban J connectivity index is 2.68. The highest BCUT2D eigenvalue weighted by atomic mass is 32.2. The number of sulfonamides is 1. The molecule has 1 aromatic rings. The SMILES string of the molecule is CC(C)Oc1ccc(S(=O)(=O)NCC(=O)NC(C)(C)C)cc1. The minimum absolute atomic E-state index is 0.0154. The van der Waals surface area contributed by atoms with Crippen LogP contribution in [0.25, 0.3) is 0 Å². The summed E-state index contributed by atoms with van der Waals surface area (Å²) in [6.45, 7) is 8.95. The molecule has 7 heteroatoms. The molecule has 22 heavy (non-hydrogen) atoms. The molecule has 0 saturated heterocycles. The van der Waals surface area contributed by atoms with Gasteiger partial charge in [-0.05, 0) is 58.9 Å². The lowest BCUT2D eigenvalue weighted by molar-refractivity contribution is -0.121. The Kier molecular flexibility index (Phi) is 5.96. The Hall–Kier alpha value is -1.60. The molecule has 0 heterocycles.